The number of nitrogens with zero attached hydrogens (tertiary/aromatic N) is 3. The topological polar surface area (TPSA) is 66.0 Å². The molecule has 1 aromatic heterocycles. The summed E-state index contributed by atoms with van der Waals surface area (Å²) in [6.45, 7) is 3.16. The van der Waals surface area contributed by atoms with Crippen molar-refractivity contribution in [3.8, 4) is 5.75 Å². The number of fused-ring (bicyclic) bond motifs is 1. The quantitative estimate of drug-likeness (QED) is 0.738. The summed E-state index contributed by atoms with van der Waals surface area (Å²) in [7, 11) is 0. The maximum Gasteiger partial charge on any atom is 0.119 e. The molecule has 1 heterocycles. The number of anilines is 1. The number of aromatic nitrogens is 3. The number of ether oxygens (including phenoxy) is 1. The van der Waals surface area contributed by atoms with E-state index in [0.717, 1.165) is 28.0 Å². The van der Waals surface area contributed by atoms with Gasteiger partial charge in [-0.2, -0.15) is 0 Å². The van der Waals surface area contributed by atoms with E-state index in [0.29, 0.717) is 13.2 Å². The van der Waals surface area contributed by atoms with Crippen LogP contribution in [0.15, 0.2) is 42.5 Å². The van der Waals surface area contributed by atoms with Crippen LogP contribution in [-0.4, -0.2) is 21.6 Å². The Hall–Kier alpha value is -2.56. The van der Waals surface area contributed by atoms with Crippen LogP contribution in [0.1, 0.15) is 5.56 Å². The van der Waals surface area contributed by atoms with Gasteiger partial charge in [-0.1, -0.05) is 17.3 Å². The molecule has 3 rings (SSSR count). The lowest BCUT2D eigenvalue weighted by Crippen LogP contribution is -2.09. The summed E-state index contributed by atoms with van der Waals surface area (Å²) in [4.78, 5) is 0. The molecule has 0 aliphatic heterocycles. The number of benzene rings is 2. The first-order valence-electron chi connectivity index (χ1n) is 6.51. The summed E-state index contributed by atoms with van der Waals surface area (Å²) in [6, 6.07) is 13.6. The van der Waals surface area contributed by atoms with Crippen molar-refractivity contribution in [3.63, 3.8) is 0 Å². The summed E-state index contributed by atoms with van der Waals surface area (Å²) in [5, 5.41) is 8.24. The Balaban J connectivity index is 1.66. The van der Waals surface area contributed by atoms with Crippen molar-refractivity contribution in [1.29, 1.82) is 0 Å². The van der Waals surface area contributed by atoms with Crippen molar-refractivity contribution in [2.24, 2.45) is 0 Å². The van der Waals surface area contributed by atoms with E-state index >= 15 is 0 Å². The van der Waals surface area contributed by atoms with Crippen molar-refractivity contribution in [3.05, 3.63) is 48.0 Å². The second-order valence-corrected chi connectivity index (χ2v) is 4.67. The van der Waals surface area contributed by atoms with E-state index in [9.17, 15) is 0 Å². The zero-order chi connectivity index (χ0) is 13.9. The van der Waals surface area contributed by atoms with E-state index in [4.69, 9.17) is 10.5 Å². The Morgan fingerprint density at radius 2 is 2.05 bits per heavy atom. The third kappa shape index (κ3) is 2.42. The number of nitrogen functional groups attached to an aromatic ring is 1. The number of nitrogens with two attached hydrogens (primary N) is 1. The van der Waals surface area contributed by atoms with Crippen LogP contribution in [0.2, 0.25) is 0 Å². The molecule has 0 saturated carbocycles. The standard InChI is InChI=1S/C15H16N4O/c1-11-10-12(6-7-13(11)16)20-9-8-19-15-5-3-2-4-14(15)17-18-19/h2-7,10H,8-9,16H2,1H3. The number of hydrogen-bond acceptors (Lipinski definition) is 4. The smallest absolute Gasteiger partial charge is 0.119 e. The third-order valence-corrected chi connectivity index (χ3v) is 3.23. The highest BCUT2D eigenvalue weighted by molar-refractivity contribution is 5.73. The molecule has 0 aliphatic carbocycles. The van der Waals surface area contributed by atoms with E-state index in [1.165, 1.54) is 0 Å². The molecule has 0 saturated heterocycles. The largest absolute Gasteiger partial charge is 0.492 e. The maximum absolute atomic E-state index is 5.78. The molecule has 0 radical (unpaired) electrons. The second kappa shape index (κ2) is 5.21. The molecule has 0 spiro atoms. The van der Waals surface area contributed by atoms with Crippen LogP contribution < -0.4 is 10.5 Å². The SMILES string of the molecule is Cc1cc(OCCn2nnc3ccccc32)ccc1N. The lowest BCUT2D eigenvalue weighted by atomic mass is 10.2. The summed E-state index contributed by atoms with van der Waals surface area (Å²) < 4.78 is 7.57. The first-order chi connectivity index (χ1) is 9.74. The lowest BCUT2D eigenvalue weighted by molar-refractivity contribution is 0.292. The van der Waals surface area contributed by atoms with Crippen molar-refractivity contribution in [1.82, 2.24) is 15.0 Å². The van der Waals surface area contributed by atoms with E-state index in [1.54, 1.807) is 0 Å². The molecule has 0 fully saturated rings. The predicted molar refractivity (Wildman–Crippen MR) is 78.6 cm³/mol. The van der Waals surface area contributed by atoms with Gasteiger partial charge in [-0.05, 0) is 42.8 Å². The van der Waals surface area contributed by atoms with Gasteiger partial charge in [-0.25, -0.2) is 4.68 Å². The number of hydrogen-bond donors (Lipinski definition) is 1. The minimum Gasteiger partial charge on any atom is -0.492 e. The minimum atomic E-state index is 0.538. The van der Waals surface area contributed by atoms with Crippen molar-refractivity contribution >= 4 is 16.7 Å². The van der Waals surface area contributed by atoms with Gasteiger partial charge in [0.25, 0.3) is 0 Å². The summed E-state index contributed by atoms with van der Waals surface area (Å²) >= 11 is 0. The van der Waals surface area contributed by atoms with Gasteiger partial charge < -0.3 is 10.5 Å². The molecule has 20 heavy (non-hydrogen) atoms. The fourth-order valence-electron chi connectivity index (χ4n) is 2.07. The summed E-state index contributed by atoms with van der Waals surface area (Å²) in [6.07, 6.45) is 0. The molecule has 3 aromatic rings. The minimum absolute atomic E-state index is 0.538. The Morgan fingerprint density at radius 3 is 2.90 bits per heavy atom. The van der Waals surface area contributed by atoms with Crippen LogP contribution in [0.4, 0.5) is 5.69 Å². The first kappa shape index (κ1) is 12.5. The van der Waals surface area contributed by atoms with Crippen LogP contribution >= 0.6 is 0 Å². The maximum atomic E-state index is 5.78. The van der Waals surface area contributed by atoms with Crippen molar-refractivity contribution in [2.45, 2.75) is 13.5 Å². The molecular weight excluding hydrogens is 252 g/mol. The molecule has 2 aromatic carbocycles. The molecular formula is C15H16N4O. The van der Waals surface area contributed by atoms with E-state index in [-0.39, 0.29) is 0 Å². The van der Waals surface area contributed by atoms with Crippen LogP contribution in [0.3, 0.4) is 0 Å². The third-order valence-electron chi connectivity index (χ3n) is 3.23. The fraction of sp³-hybridized carbons (Fsp3) is 0.200. The van der Waals surface area contributed by atoms with E-state index < -0.39 is 0 Å². The molecule has 102 valence electrons. The molecule has 0 aliphatic rings. The zero-order valence-electron chi connectivity index (χ0n) is 11.3. The molecule has 0 amide bonds. The Labute approximate surface area is 117 Å². The predicted octanol–water partition coefficient (Wildman–Crippen LogP) is 2.40. The van der Waals surface area contributed by atoms with Gasteiger partial charge in [-0.3, -0.25) is 0 Å². The van der Waals surface area contributed by atoms with Gasteiger partial charge in [0.1, 0.15) is 17.9 Å². The van der Waals surface area contributed by atoms with E-state index in [2.05, 4.69) is 10.3 Å². The number of rotatable bonds is 4. The molecule has 0 unspecified atom stereocenters. The Kier molecular flexibility index (Phi) is 3.25. The molecule has 5 nitrogen and oxygen atoms in total. The summed E-state index contributed by atoms with van der Waals surface area (Å²) in [5.74, 6) is 0.820. The molecule has 5 heteroatoms. The van der Waals surface area contributed by atoms with Crippen molar-refractivity contribution in [2.75, 3.05) is 12.3 Å². The first-order valence-corrected chi connectivity index (χ1v) is 6.51. The van der Waals surface area contributed by atoms with Crippen LogP contribution in [0.25, 0.3) is 11.0 Å². The molecule has 0 bridgehead atoms. The highest BCUT2D eigenvalue weighted by Gasteiger charge is 2.03. The monoisotopic (exact) mass is 268 g/mol. The average molecular weight is 268 g/mol. The van der Waals surface area contributed by atoms with Gasteiger partial charge in [-0.15, -0.1) is 5.10 Å². The van der Waals surface area contributed by atoms with Gasteiger partial charge >= 0.3 is 0 Å². The molecule has 0 atom stereocenters. The van der Waals surface area contributed by atoms with Gasteiger partial charge in [0.15, 0.2) is 0 Å². The summed E-state index contributed by atoms with van der Waals surface area (Å²) in [5.41, 5.74) is 9.50. The van der Waals surface area contributed by atoms with Crippen LogP contribution in [0.5, 0.6) is 5.75 Å². The number of aryl methyl sites for hydroxylation is 1. The van der Waals surface area contributed by atoms with Crippen LogP contribution in [0, 0.1) is 6.92 Å². The van der Waals surface area contributed by atoms with Crippen LogP contribution in [-0.2, 0) is 6.54 Å². The normalized spacial score (nSPS) is 10.8. The zero-order valence-corrected chi connectivity index (χ0v) is 11.3. The van der Waals surface area contributed by atoms with Gasteiger partial charge in [0.2, 0.25) is 0 Å². The van der Waals surface area contributed by atoms with E-state index in [1.807, 2.05) is 54.1 Å². The Morgan fingerprint density at radius 1 is 1.20 bits per heavy atom. The van der Waals surface area contributed by atoms with Gasteiger partial charge in [0, 0.05) is 5.69 Å². The van der Waals surface area contributed by atoms with Crippen molar-refractivity contribution < 1.29 is 4.74 Å². The fourth-order valence-corrected chi connectivity index (χ4v) is 2.07. The molecule has 2 N–H and O–H groups in total. The second-order valence-electron chi connectivity index (χ2n) is 4.67. The highest BCUT2D eigenvalue weighted by Crippen LogP contribution is 2.18. The highest BCUT2D eigenvalue weighted by atomic mass is 16.5. The number of para-hydroxylation sites is 1. The lowest BCUT2D eigenvalue weighted by Gasteiger charge is -2.08. The Bertz CT molecular complexity index is 736. The average Bonchev–Trinajstić information content (AvgIpc) is 2.86. The van der Waals surface area contributed by atoms with Gasteiger partial charge in [0.05, 0.1) is 12.1 Å².